The molecule has 0 heterocycles. The fourth-order valence-electron chi connectivity index (χ4n) is 3.48. The van der Waals surface area contributed by atoms with E-state index in [1.807, 2.05) is 54.6 Å². The van der Waals surface area contributed by atoms with Crippen LogP contribution in [0.1, 0.15) is 0 Å². The monoisotopic (exact) mass is 346 g/mol. The Hall–Kier alpha value is -2.46. The third-order valence-electron chi connectivity index (χ3n) is 4.68. The van der Waals surface area contributed by atoms with Gasteiger partial charge < -0.3 is 10.2 Å². The van der Waals surface area contributed by atoms with E-state index in [9.17, 15) is 10.2 Å². The molecule has 1 unspecified atom stereocenters. The van der Waals surface area contributed by atoms with Gasteiger partial charge in [-0.1, -0.05) is 91.0 Å². The SMILES string of the molecule is C=C(C(O)CO)[Si](c1ccccc1)(c1ccccc1)c1ccccc1. The normalized spacial score (nSPS) is 12.6. The first-order valence-corrected chi connectivity index (χ1v) is 10.4. The summed E-state index contributed by atoms with van der Waals surface area (Å²) < 4.78 is 0. The smallest absolute Gasteiger partial charge is 0.177 e. The van der Waals surface area contributed by atoms with E-state index in [1.165, 1.54) is 0 Å². The van der Waals surface area contributed by atoms with Gasteiger partial charge >= 0.3 is 0 Å². The first-order chi connectivity index (χ1) is 12.2. The molecule has 1 atom stereocenters. The van der Waals surface area contributed by atoms with Crippen molar-refractivity contribution in [2.75, 3.05) is 6.61 Å². The highest BCUT2D eigenvalue weighted by molar-refractivity contribution is 7.16. The van der Waals surface area contributed by atoms with Crippen LogP contribution in [0.5, 0.6) is 0 Å². The Morgan fingerprint density at radius 2 is 1.04 bits per heavy atom. The van der Waals surface area contributed by atoms with Crippen molar-refractivity contribution in [3.8, 4) is 0 Å². The average Bonchev–Trinajstić information content (AvgIpc) is 2.70. The Bertz CT molecular complexity index is 720. The second-order valence-corrected chi connectivity index (χ2v) is 9.95. The third-order valence-corrected chi connectivity index (χ3v) is 9.57. The van der Waals surface area contributed by atoms with Gasteiger partial charge in [0, 0.05) is 0 Å². The van der Waals surface area contributed by atoms with Crippen molar-refractivity contribution in [2.45, 2.75) is 6.10 Å². The molecule has 0 fully saturated rings. The number of hydrogen-bond donors (Lipinski definition) is 2. The lowest BCUT2D eigenvalue weighted by Crippen LogP contribution is -2.70. The van der Waals surface area contributed by atoms with Crippen LogP contribution in [0.25, 0.3) is 0 Å². The highest BCUT2D eigenvalue weighted by atomic mass is 28.3. The van der Waals surface area contributed by atoms with Crippen LogP contribution >= 0.6 is 0 Å². The summed E-state index contributed by atoms with van der Waals surface area (Å²) in [4.78, 5) is 0. The first kappa shape index (κ1) is 17.4. The van der Waals surface area contributed by atoms with Crippen molar-refractivity contribution in [3.63, 3.8) is 0 Å². The molecule has 25 heavy (non-hydrogen) atoms. The van der Waals surface area contributed by atoms with E-state index in [2.05, 4.69) is 43.0 Å². The lowest BCUT2D eigenvalue weighted by molar-refractivity contribution is 0.127. The molecule has 3 heteroatoms. The molecule has 0 radical (unpaired) electrons. The van der Waals surface area contributed by atoms with Crippen molar-refractivity contribution in [2.24, 2.45) is 0 Å². The zero-order valence-electron chi connectivity index (χ0n) is 14.0. The van der Waals surface area contributed by atoms with Crippen LogP contribution < -0.4 is 15.6 Å². The van der Waals surface area contributed by atoms with E-state index in [0.717, 1.165) is 15.6 Å². The molecule has 0 bridgehead atoms. The third kappa shape index (κ3) is 3.09. The molecular weight excluding hydrogens is 324 g/mol. The first-order valence-electron chi connectivity index (χ1n) is 8.36. The number of aliphatic hydroxyl groups excluding tert-OH is 2. The van der Waals surface area contributed by atoms with Crippen molar-refractivity contribution >= 4 is 23.6 Å². The quantitative estimate of drug-likeness (QED) is 0.526. The predicted octanol–water partition coefficient (Wildman–Crippen LogP) is 1.61. The van der Waals surface area contributed by atoms with E-state index in [4.69, 9.17) is 0 Å². The van der Waals surface area contributed by atoms with Gasteiger partial charge in [-0.3, -0.25) is 0 Å². The van der Waals surface area contributed by atoms with E-state index in [1.54, 1.807) is 0 Å². The van der Waals surface area contributed by atoms with Gasteiger partial charge in [-0.25, -0.2) is 0 Å². The molecule has 0 aromatic heterocycles. The summed E-state index contributed by atoms with van der Waals surface area (Å²) in [5.74, 6) is 0. The van der Waals surface area contributed by atoms with Gasteiger partial charge in [0.15, 0.2) is 8.07 Å². The summed E-state index contributed by atoms with van der Waals surface area (Å²) in [6.07, 6.45) is -0.965. The molecule has 0 spiro atoms. The van der Waals surface area contributed by atoms with Crippen molar-refractivity contribution < 1.29 is 10.2 Å². The topological polar surface area (TPSA) is 40.5 Å². The maximum absolute atomic E-state index is 10.5. The fraction of sp³-hybridized carbons (Fsp3) is 0.0909. The Morgan fingerprint density at radius 1 is 0.720 bits per heavy atom. The molecule has 0 aliphatic heterocycles. The molecule has 0 saturated carbocycles. The zero-order chi connectivity index (χ0) is 17.7. The van der Waals surface area contributed by atoms with E-state index in [0.29, 0.717) is 5.20 Å². The maximum Gasteiger partial charge on any atom is 0.177 e. The van der Waals surface area contributed by atoms with E-state index in [-0.39, 0.29) is 6.61 Å². The minimum atomic E-state index is -2.72. The van der Waals surface area contributed by atoms with E-state index >= 15 is 0 Å². The maximum atomic E-state index is 10.5. The van der Waals surface area contributed by atoms with Gasteiger partial charge in [-0.05, 0) is 20.8 Å². The lowest BCUT2D eigenvalue weighted by atomic mass is 10.3. The van der Waals surface area contributed by atoms with Crippen molar-refractivity contribution in [3.05, 3.63) is 103 Å². The molecule has 3 rings (SSSR count). The van der Waals surface area contributed by atoms with Gasteiger partial charge in [0.25, 0.3) is 0 Å². The average molecular weight is 347 g/mol. The Morgan fingerprint density at radius 3 is 1.32 bits per heavy atom. The van der Waals surface area contributed by atoms with Crippen molar-refractivity contribution in [1.29, 1.82) is 0 Å². The van der Waals surface area contributed by atoms with Gasteiger partial charge in [0.05, 0.1) is 12.7 Å². The minimum Gasteiger partial charge on any atom is -0.393 e. The Kier molecular flexibility index (Phi) is 5.29. The second kappa shape index (κ2) is 7.62. The van der Waals surface area contributed by atoms with Crippen LogP contribution in [0.3, 0.4) is 0 Å². The van der Waals surface area contributed by atoms with Gasteiger partial charge in [0.2, 0.25) is 0 Å². The molecule has 3 aromatic rings. The molecule has 2 nitrogen and oxygen atoms in total. The predicted molar refractivity (Wildman–Crippen MR) is 106 cm³/mol. The van der Waals surface area contributed by atoms with Crippen molar-refractivity contribution in [1.82, 2.24) is 0 Å². The number of rotatable bonds is 6. The second-order valence-electron chi connectivity index (χ2n) is 6.07. The molecule has 3 aromatic carbocycles. The van der Waals surface area contributed by atoms with Crippen LogP contribution in [0.2, 0.25) is 0 Å². The molecule has 0 aliphatic carbocycles. The number of benzene rings is 3. The van der Waals surface area contributed by atoms with Crippen LogP contribution in [-0.4, -0.2) is 31.0 Å². The Balaban J connectivity index is 2.38. The standard InChI is InChI=1S/C22H22O2Si/c1-18(22(24)17-23)25(19-11-5-2-6-12-19,20-13-7-3-8-14-20)21-15-9-4-10-16-21/h2-16,22-24H,1,17H2. The van der Waals surface area contributed by atoms with Gasteiger partial charge in [0.1, 0.15) is 0 Å². The van der Waals surface area contributed by atoms with E-state index < -0.39 is 14.2 Å². The lowest BCUT2D eigenvalue weighted by Gasteiger charge is -2.37. The fourth-order valence-corrected chi connectivity index (χ4v) is 8.26. The summed E-state index contributed by atoms with van der Waals surface area (Å²) in [6.45, 7) is 3.95. The largest absolute Gasteiger partial charge is 0.393 e. The minimum absolute atomic E-state index is 0.333. The molecule has 0 aliphatic rings. The highest BCUT2D eigenvalue weighted by Crippen LogP contribution is 2.19. The van der Waals surface area contributed by atoms with Gasteiger partial charge in [-0.15, -0.1) is 6.58 Å². The van der Waals surface area contributed by atoms with Crippen LogP contribution in [0.15, 0.2) is 103 Å². The Labute approximate surface area is 149 Å². The number of aliphatic hydroxyl groups is 2. The molecule has 126 valence electrons. The molecule has 2 N–H and O–H groups in total. The summed E-state index contributed by atoms with van der Waals surface area (Å²) in [6, 6.07) is 30.7. The van der Waals surface area contributed by atoms with Crippen LogP contribution in [-0.2, 0) is 0 Å². The highest BCUT2D eigenvalue weighted by Gasteiger charge is 2.44. The summed E-state index contributed by atoms with van der Waals surface area (Å²) >= 11 is 0. The summed E-state index contributed by atoms with van der Waals surface area (Å²) in [5.41, 5.74) is 0. The van der Waals surface area contributed by atoms with Crippen LogP contribution in [0.4, 0.5) is 0 Å². The summed E-state index contributed by atoms with van der Waals surface area (Å²) in [5, 5.41) is 24.3. The van der Waals surface area contributed by atoms with Gasteiger partial charge in [-0.2, -0.15) is 0 Å². The molecular formula is C22H22O2Si. The zero-order valence-corrected chi connectivity index (χ0v) is 15.0. The molecule has 0 saturated heterocycles. The van der Waals surface area contributed by atoms with Crippen LogP contribution in [0, 0.1) is 0 Å². The summed E-state index contributed by atoms with van der Waals surface area (Å²) in [7, 11) is -2.72. The molecule has 0 amide bonds. The number of hydrogen-bond acceptors (Lipinski definition) is 2.